The lowest BCUT2D eigenvalue weighted by Gasteiger charge is -2.34. The molecule has 1 N–H and O–H groups in total. The molecule has 114 valence electrons. The van der Waals surface area contributed by atoms with Gasteiger partial charge in [-0.1, -0.05) is 12.1 Å². The summed E-state index contributed by atoms with van der Waals surface area (Å²) in [6.07, 6.45) is 0. The SMILES string of the molecule is COc1ccc([C@@H](C)C(=O)N2CCOC[C@@H]2C(=O)O)cc1. The molecule has 1 aromatic carbocycles. The third kappa shape index (κ3) is 3.33. The molecule has 1 aliphatic rings. The number of morpholine rings is 1. The Morgan fingerprint density at radius 1 is 1.38 bits per heavy atom. The van der Waals surface area contributed by atoms with Crippen LogP contribution in [0.2, 0.25) is 0 Å². The third-order valence-electron chi connectivity index (χ3n) is 3.68. The minimum atomic E-state index is -1.04. The Labute approximate surface area is 123 Å². The van der Waals surface area contributed by atoms with Crippen LogP contribution in [-0.2, 0) is 14.3 Å². The summed E-state index contributed by atoms with van der Waals surface area (Å²) in [6.45, 7) is 2.48. The summed E-state index contributed by atoms with van der Waals surface area (Å²) in [6, 6.07) is 6.29. The van der Waals surface area contributed by atoms with E-state index in [-0.39, 0.29) is 12.5 Å². The summed E-state index contributed by atoms with van der Waals surface area (Å²) >= 11 is 0. The van der Waals surface area contributed by atoms with Crippen LogP contribution in [0, 0.1) is 0 Å². The Bertz CT molecular complexity index is 513. The number of carboxylic acids is 1. The predicted molar refractivity (Wildman–Crippen MR) is 75.4 cm³/mol. The maximum absolute atomic E-state index is 12.5. The first-order valence-electron chi connectivity index (χ1n) is 6.79. The molecule has 0 radical (unpaired) electrons. The fraction of sp³-hybridized carbons (Fsp3) is 0.467. The Hall–Kier alpha value is -2.08. The first kappa shape index (κ1) is 15.3. The molecule has 1 fully saturated rings. The Morgan fingerprint density at radius 2 is 2.05 bits per heavy atom. The van der Waals surface area contributed by atoms with Crippen molar-refractivity contribution >= 4 is 11.9 Å². The van der Waals surface area contributed by atoms with E-state index >= 15 is 0 Å². The highest BCUT2D eigenvalue weighted by atomic mass is 16.5. The average Bonchev–Trinajstić information content (AvgIpc) is 2.53. The Kier molecular flexibility index (Phi) is 4.80. The van der Waals surface area contributed by atoms with E-state index in [0.29, 0.717) is 18.9 Å². The van der Waals surface area contributed by atoms with Gasteiger partial charge >= 0.3 is 5.97 Å². The van der Waals surface area contributed by atoms with Crippen LogP contribution in [0.5, 0.6) is 5.75 Å². The van der Waals surface area contributed by atoms with Crippen molar-refractivity contribution in [3.8, 4) is 5.75 Å². The molecular weight excluding hydrogens is 274 g/mol. The lowest BCUT2D eigenvalue weighted by atomic mass is 9.98. The fourth-order valence-electron chi connectivity index (χ4n) is 2.36. The van der Waals surface area contributed by atoms with Gasteiger partial charge in [-0.05, 0) is 24.6 Å². The average molecular weight is 293 g/mol. The number of hydrogen-bond acceptors (Lipinski definition) is 4. The molecule has 0 spiro atoms. The van der Waals surface area contributed by atoms with Gasteiger partial charge in [0.05, 0.1) is 26.2 Å². The van der Waals surface area contributed by atoms with Crippen LogP contribution < -0.4 is 4.74 Å². The normalized spacial score (nSPS) is 19.9. The van der Waals surface area contributed by atoms with Crippen LogP contribution in [-0.4, -0.2) is 54.8 Å². The number of amides is 1. The molecule has 6 heteroatoms. The molecule has 0 bridgehead atoms. The zero-order chi connectivity index (χ0) is 15.4. The van der Waals surface area contributed by atoms with Crippen molar-refractivity contribution in [2.45, 2.75) is 18.9 Å². The number of carbonyl (C=O) groups excluding carboxylic acids is 1. The molecule has 0 unspecified atom stereocenters. The van der Waals surface area contributed by atoms with Crippen molar-refractivity contribution in [2.24, 2.45) is 0 Å². The van der Waals surface area contributed by atoms with E-state index in [0.717, 1.165) is 5.56 Å². The summed E-state index contributed by atoms with van der Waals surface area (Å²) < 4.78 is 10.2. The smallest absolute Gasteiger partial charge is 0.328 e. The predicted octanol–water partition coefficient (Wildman–Crippen LogP) is 1.11. The number of hydrogen-bond donors (Lipinski definition) is 1. The lowest BCUT2D eigenvalue weighted by molar-refractivity contribution is -0.158. The van der Waals surface area contributed by atoms with E-state index in [9.17, 15) is 14.7 Å². The van der Waals surface area contributed by atoms with E-state index < -0.39 is 17.9 Å². The first-order chi connectivity index (χ1) is 10.0. The summed E-state index contributed by atoms with van der Waals surface area (Å²) in [5.74, 6) is -0.926. The second kappa shape index (κ2) is 6.58. The molecule has 1 aromatic rings. The summed E-state index contributed by atoms with van der Waals surface area (Å²) in [5, 5.41) is 9.19. The number of ether oxygens (including phenoxy) is 2. The number of aliphatic carboxylic acids is 1. The maximum Gasteiger partial charge on any atom is 0.328 e. The van der Waals surface area contributed by atoms with Crippen LogP contribution >= 0.6 is 0 Å². The molecule has 1 aliphatic heterocycles. The molecule has 1 saturated heterocycles. The Morgan fingerprint density at radius 3 is 2.62 bits per heavy atom. The molecule has 0 saturated carbocycles. The quantitative estimate of drug-likeness (QED) is 0.900. The van der Waals surface area contributed by atoms with Gasteiger partial charge < -0.3 is 19.5 Å². The van der Waals surface area contributed by atoms with Crippen molar-refractivity contribution in [3.63, 3.8) is 0 Å². The van der Waals surface area contributed by atoms with Gasteiger partial charge in [0.15, 0.2) is 6.04 Å². The Balaban J connectivity index is 2.14. The number of carboxylic acid groups (broad SMARTS) is 1. The molecule has 21 heavy (non-hydrogen) atoms. The minimum Gasteiger partial charge on any atom is -0.497 e. The second-order valence-electron chi connectivity index (χ2n) is 4.96. The van der Waals surface area contributed by atoms with Gasteiger partial charge in [-0.2, -0.15) is 0 Å². The van der Waals surface area contributed by atoms with E-state index in [1.807, 2.05) is 12.1 Å². The number of methoxy groups -OCH3 is 1. The summed E-state index contributed by atoms with van der Waals surface area (Å²) in [4.78, 5) is 25.2. The minimum absolute atomic E-state index is 0.0381. The number of nitrogens with zero attached hydrogens (tertiary/aromatic N) is 1. The van der Waals surface area contributed by atoms with Crippen molar-refractivity contribution in [1.29, 1.82) is 0 Å². The van der Waals surface area contributed by atoms with Gasteiger partial charge in [0.2, 0.25) is 5.91 Å². The standard InChI is InChI=1S/C15H19NO5/c1-10(11-3-5-12(20-2)6-4-11)14(17)16-7-8-21-9-13(16)15(18)19/h3-6,10,13H,7-9H2,1-2H3,(H,18,19)/t10-,13-/m1/s1. The molecule has 2 atom stereocenters. The summed E-state index contributed by atoms with van der Waals surface area (Å²) in [5.41, 5.74) is 0.830. The third-order valence-corrected chi connectivity index (χ3v) is 3.68. The van der Waals surface area contributed by atoms with Crippen molar-refractivity contribution in [1.82, 2.24) is 4.90 Å². The fourth-order valence-corrected chi connectivity index (χ4v) is 2.36. The van der Waals surface area contributed by atoms with E-state index in [1.165, 1.54) is 4.90 Å². The molecule has 0 aliphatic carbocycles. The monoisotopic (exact) mass is 293 g/mol. The van der Waals surface area contributed by atoms with E-state index in [4.69, 9.17) is 9.47 Å². The number of carbonyl (C=O) groups is 2. The molecule has 6 nitrogen and oxygen atoms in total. The molecule has 1 heterocycles. The van der Waals surface area contributed by atoms with Crippen LogP contribution in [0.1, 0.15) is 18.4 Å². The number of rotatable bonds is 4. The zero-order valence-corrected chi connectivity index (χ0v) is 12.1. The van der Waals surface area contributed by atoms with Gasteiger partial charge in [-0.25, -0.2) is 4.79 Å². The highest BCUT2D eigenvalue weighted by molar-refractivity contribution is 5.88. The molecule has 2 rings (SSSR count). The highest BCUT2D eigenvalue weighted by Gasteiger charge is 2.35. The zero-order valence-electron chi connectivity index (χ0n) is 12.1. The molecular formula is C15H19NO5. The van der Waals surface area contributed by atoms with Crippen molar-refractivity contribution in [3.05, 3.63) is 29.8 Å². The second-order valence-corrected chi connectivity index (χ2v) is 4.96. The maximum atomic E-state index is 12.5. The van der Waals surface area contributed by atoms with E-state index in [1.54, 1.807) is 26.2 Å². The van der Waals surface area contributed by atoms with Gasteiger partial charge in [0, 0.05) is 6.54 Å². The van der Waals surface area contributed by atoms with E-state index in [2.05, 4.69) is 0 Å². The first-order valence-corrected chi connectivity index (χ1v) is 6.79. The molecule has 0 aromatic heterocycles. The summed E-state index contributed by atoms with van der Waals surface area (Å²) in [7, 11) is 1.58. The van der Waals surface area contributed by atoms with Gasteiger partial charge in [-0.3, -0.25) is 4.79 Å². The van der Waals surface area contributed by atoms with Gasteiger partial charge in [0.25, 0.3) is 0 Å². The van der Waals surface area contributed by atoms with Crippen molar-refractivity contribution in [2.75, 3.05) is 26.9 Å². The number of benzene rings is 1. The van der Waals surface area contributed by atoms with Crippen LogP contribution in [0.3, 0.4) is 0 Å². The van der Waals surface area contributed by atoms with Gasteiger partial charge in [0.1, 0.15) is 5.75 Å². The topological polar surface area (TPSA) is 76.1 Å². The van der Waals surface area contributed by atoms with Crippen LogP contribution in [0.4, 0.5) is 0 Å². The molecule has 1 amide bonds. The largest absolute Gasteiger partial charge is 0.497 e. The lowest BCUT2D eigenvalue weighted by Crippen LogP contribution is -2.53. The van der Waals surface area contributed by atoms with Crippen LogP contribution in [0.15, 0.2) is 24.3 Å². The highest BCUT2D eigenvalue weighted by Crippen LogP contribution is 2.23. The van der Waals surface area contributed by atoms with Crippen LogP contribution in [0.25, 0.3) is 0 Å². The van der Waals surface area contributed by atoms with Crippen molar-refractivity contribution < 1.29 is 24.2 Å². The van der Waals surface area contributed by atoms with Gasteiger partial charge in [-0.15, -0.1) is 0 Å².